The highest BCUT2D eigenvalue weighted by atomic mass is 16.5. The van der Waals surface area contributed by atoms with Gasteiger partial charge < -0.3 is 10.1 Å². The van der Waals surface area contributed by atoms with Crippen LogP contribution in [0.3, 0.4) is 0 Å². The standard InChI is InChI=1S/C18H19NO3/c1-12(20)19-18(17(21)22-2)8-7-15-9-13-5-3-4-6-14(13)10-16(15)11-18/h3-6,9-10H,7-8,11H2,1-2H3,(H,19,20). The van der Waals surface area contributed by atoms with Gasteiger partial charge in [0.05, 0.1) is 7.11 Å². The lowest BCUT2D eigenvalue weighted by molar-refractivity contribution is -0.151. The van der Waals surface area contributed by atoms with Crippen molar-refractivity contribution in [2.75, 3.05) is 7.11 Å². The summed E-state index contributed by atoms with van der Waals surface area (Å²) in [6, 6.07) is 12.5. The quantitative estimate of drug-likeness (QED) is 0.866. The molecule has 2 aromatic rings. The molecular weight excluding hydrogens is 278 g/mol. The molecule has 1 unspecified atom stereocenters. The van der Waals surface area contributed by atoms with E-state index in [9.17, 15) is 9.59 Å². The summed E-state index contributed by atoms with van der Waals surface area (Å²) < 4.78 is 4.94. The first-order valence-electron chi connectivity index (χ1n) is 7.42. The molecule has 3 rings (SSSR count). The number of carbonyl (C=O) groups excluding carboxylic acids is 2. The van der Waals surface area contributed by atoms with E-state index in [4.69, 9.17) is 4.74 Å². The van der Waals surface area contributed by atoms with Gasteiger partial charge in [0.1, 0.15) is 5.54 Å². The third-order valence-electron chi connectivity index (χ3n) is 4.37. The average molecular weight is 297 g/mol. The summed E-state index contributed by atoms with van der Waals surface area (Å²) in [5.41, 5.74) is 1.39. The van der Waals surface area contributed by atoms with Crippen LogP contribution in [-0.4, -0.2) is 24.5 Å². The summed E-state index contributed by atoms with van der Waals surface area (Å²) in [6.07, 6.45) is 1.78. The number of carbonyl (C=O) groups is 2. The van der Waals surface area contributed by atoms with Crippen molar-refractivity contribution in [3.63, 3.8) is 0 Å². The van der Waals surface area contributed by atoms with E-state index in [1.807, 2.05) is 12.1 Å². The van der Waals surface area contributed by atoms with E-state index in [1.165, 1.54) is 25.0 Å². The fraction of sp³-hybridized carbons (Fsp3) is 0.333. The first-order chi connectivity index (χ1) is 10.5. The van der Waals surface area contributed by atoms with E-state index in [0.717, 1.165) is 17.4 Å². The molecule has 0 bridgehead atoms. The van der Waals surface area contributed by atoms with Crippen molar-refractivity contribution in [1.82, 2.24) is 5.32 Å². The molecule has 114 valence electrons. The number of aryl methyl sites for hydroxylation is 1. The monoisotopic (exact) mass is 297 g/mol. The van der Waals surface area contributed by atoms with Gasteiger partial charge in [-0.3, -0.25) is 4.79 Å². The van der Waals surface area contributed by atoms with Gasteiger partial charge in [-0.25, -0.2) is 4.79 Å². The minimum atomic E-state index is -0.948. The van der Waals surface area contributed by atoms with Crippen molar-refractivity contribution >= 4 is 22.6 Å². The molecule has 22 heavy (non-hydrogen) atoms. The number of hydrogen-bond donors (Lipinski definition) is 1. The van der Waals surface area contributed by atoms with Gasteiger partial charge in [-0.15, -0.1) is 0 Å². The maximum Gasteiger partial charge on any atom is 0.331 e. The minimum Gasteiger partial charge on any atom is -0.467 e. The van der Waals surface area contributed by atoms with E-state index in [-0.39, 0.29) is 11.9 Å². The molecular formula is C18H19NO3. The number of rotatable bonds is 2. The first kappa shape index (κ1) is 14.6. The van der Waals surface area contributed by atoms with E-state index < -0.39 is 5.54 Å². The lowest BCUT2D eigenvalue weighted by Gasteiger charge is -2.36. The van der Waals surface area contributed by atoms with Crippen LogP contribution in [0.2, 0.25) is 0 Å². The maximum atomic E-state index is 12.3. The van der Waals surface area contributed by atoms with Gasteiger partial charge in [0.15, 0.2) is 0 Å². The third kappa shape index (κ3) is 2.45. The molecule has 0 radical (unpaired) electrons. The lowest BCUT2D eigenvalue weighted by atomic mass is 9.77. The number of hydrogen-bond acceptors (Lipinski definition) is 3. The van der Waals surface area contributed by atoms with Crippen LogP contribution in [0.5, 0.6) is 0 Å². The van der Waals surface area contributed by atoms with Crippen molar-refractivity contribution < 1.29 is 14.3 Å². The zero-order valence-electron chi connectivity index (χ0n) is 12.8. The highest BCUT2D eigenvalue weighted by Crippen LogP contribution is 2.32. The van der Waals surface area contributed by atoms with Gasteiger partial charge in [0.25, 0.3) is 0 Å². The Labute approximate surface area is 129 Å². The molecule has 0 spiro atoms. The van der Waals surface area contributed by atoms with Crippen molar-refractivity contribution in [2.45, 2.75) is 31.7 Å². The molecule has 4 heteroatoms. The predicted octanol–water partition coefficient (Wildman–Crippen LogP) is 2.38. The van der Waals surface area contributed by atoms with Gasteiger partial charge >= 0.3 is 5.97 Å². The summed E-state index contributed by atoms with van der Waals surface area (Å²) in [5, 5.41) is 5.17. The Kier molecular flexibility index (Phi) is 3.61. The lowest BCUT2D eigenvalue weighted by Crippen LogP contribution is -2.57. The number of nitrogens with one attached hydrogen (secondary N) is 1. The van der Waals surface area contributed by atoms with E-state index in [0.29, 0.717) is 12.8 Å². The number of methoxy groups -OCH3 is 1. The molecule has 0 heterocycles. The summed E-state index contributed by atoms with van der Waals surface area (Å²) in [5.74, 6) is -0.587. The Morgan fingerprint density at radius 2 is 1.77 bits per heavy atom. The minimum absolute atomic E-state index is 0.213. The van der Waals surface area contributed by atoms with Crippen LogP contribution in [0.4, 0.5) is 0 Å². The van der Waals surface area contributed by atoms with Crippen LogP contribution in [0.1, 0.15) is 24.5 Å². The zero-order chi connectivity index (χ0) is 15.7. The van der Waals surface area contributed by atoms with Crippen LogP contribution >= 0.6 is 0 Å². The fourth-order valence-electron chi connectivity index (χ4n) is 3.36. The summed E-state index contributed by atoms with van der Waals surface area (Å²) in [4.78, 5) is 23.8. The third-order valence-corrected chi connectivity index (χ3v) is 4.37. The molecule has 1 amide bonds. The molecule has 1 aliphatic rings. The van der Waals surface area contributed by atoms with Crippen LogP contribution in [0, 0.1) is 0 Å². The van der Waals surface area contributed by atoms with Crippen molar-refractivity contribution in [1.29, 1.82) is 0 Å². The first-order valence-corrected chi connectivity index (χ1v) is 7.42. The number of benzene rings is 2. The molecule has 0 aromatic heterocycles. The predicted molar refractivity (Wildman–Crippen MR) is 84.5 cm³/mol. The van der Waals surface area contributed by atoms with Gasteiger partial charge in [0.2, 0.25) is 5.91 Å². The molecule has 0 saturated carbocycles. The molecule has 1 N–H and O–H groups in total. The molecule has 0 saturated heterocycles. The number of esters is 1. The maximum absolute atomic E-state index is 12.3. The highest BCUT2D eigenvalue weighted by Gasteiger charge is 2.43. The molecule has 1 atom stereocenters. The number of ether oxygens (including phenoxy) is 1. The Balaban J connectivity index is 2.05. The Bertz CT molecular complexity index is 753. The van der Waals surface area contributed by atoms with Crippen LogP contribution in [0.25, 0.3) is 10.8 Å². The second-order valence-corrected chi connectivity index (χ2v) is 5.90. The smallest absolute Gasteiger partial charge is 0.331 e. The highest BCUT2D eigenvalue weighted by molar-refractivity contribution is 5.89. The largest absolute Gasteiger partial charge is 0.467 e. The van der Waals surface area contributed by atoms with Gasteiger partial charge in [0, 0.05) is 13.3 Å². The van der Waals surface area contributed by atoms with Crippen LogP contribution in [0.15, 0.2) is 36.4 Å². The Morgan fingerprint density at radius 1 is 1.14 bits per heavy atom. The Hall–Kier alpha value is -2.36. The van der Waals surface area contributed by atoms with E-state index >= 15 is 0 Å². The molecule has 2 aromatic carbocycles. The van der Waals surface area contributed by atoms with Gasteiger partial charge in [-0.2, -0.15) is 0 Å². The summed E-state index contributed by atoms with van der Waals surface area (Å²) in [7, 11) is 1.36. The van der Waals surface area contributed by atoms with Crippen molar-refractivity contribution in [3.8, 4) is 0 Å². The average Bonchev–Trinajstić information content (AvgIpc) is 2.51. The molecule has 0 fully saturated rings. The van der Waals surface area contributed by atoms with Gasteiger partial charge in [-0.1, -0.05) is 36.4 Å². The molecule has 0 aliphatic heterocycles. The van der Waals surface area contributed by atoms with Crippen molar-refractivity contribution in [2.24, 2.45) is 0 Å². The SMILES string of the molecule is COC(=O)C1(NC(C)=O)CCc2cc3ccccc3cc2C1. The number of amides is 1. The van der Waals surface area contributed by atoms with Gasteiger partial charge in [-0.05, 0) is 34.7 Å². The fourth-order valence-corrected chi connectivity index (χ4v) is 3.36. The summed E-state index contributed by atoms with van der Waals surface area (Å²) in [6.45, 7) is 1.43. The van der Waals surface area contributed by atoms with E-state index in [1.54, 1.807) is 0 Å². The summed E-state index contributed by atoms with van der Waals surface area (Å²) >= 11 is 0. The second-order valence-electron chi connectivity index (χ2n) is 5.90. The molecule has 1 aliphatic carbocycles. The van der Waals surface area contributed by atoms with Crippen LogP contribution < -0.4 is 5.32 Å². The second kappa shape index (κ2) is 5.44. The van der Waals surface area contributed by atoms with E-state index in [2.05, 4.69) is 29.6 Å². The van der Waals surface area contributed by atoms with Crippen molar-refractivity contribution in [3.05, 3.63) is 47.5 Å². The number of fused-ring (bicyclic) bond motifs is 2. The topological polar surface area (TPSA) is 55.4 Å². The molecule has 4 nitrogen and oxygen atoms in total. The van der Waals surface area contributed by atoms with Crippen LogP contribution in [-0.2, 0) is 27.2 Å². The Morgan fingerprint density at radius 3 is 2.36 bits per heavy atom. The zero-order valence-corrected chi connectivity index (χ0v) is 12.8. The normalized spacial score (nSPS) is 20.3.